The highest BCUT2D eigenvalue weighted by molar-refractivity contribution is 5.98. The van der Waals surface area contributed by atoms with Crippen molar-refractivity contribution >= 4 is 11.6 Å². The van der Waals surface area contributed by atoms with Crippen molar-refractivity contribution in [1.82, 2.24) is 19.9 Å². The number of aromatic nitrogens is 3. The lowest BCUT2D eigenvalue weighted by Crippen LogP contribution is -2.15. The van der Waals surface area contributed by atoms with Crippen LogP contribution in [0, 0.1) is 0 Å². The first-order valence-electron chi connectivity index (χ1n) is 9.67. The number of carbonyl (C=O) groups is 1. The van der Waals surface area contributed by atoms with Gasteiger partial charge in [-0.05, 0) is 55.8 Å². The van der Waals surface area contributed by atoms with E-state index in [9.17, 15) is 4.79 Å². The Morgan fingerprint density at radius 3 is 2.59 bits per heavy atom. The van der Waals surface area contributed by atoms with Gasteiger partial charge in [-0.15, -0.1) is 0 Å². The number of para-hydroxylation sites is 1. The van der Waals surface area contributed by atoms with Crippen molar-refractivity contribution < 1.29 is 9.53 Å². The third-order valence-electron chi connectivity index (χ3n) is 5.18. The molecule has 0 fully saturated rings. The number of nitrogens with zero attached hydrogens (tertiary/aromatic N) is 2. The van der Waals surface area contributed by atoms with Gasteiger partial charge in [0, 0.05) is 23.4 Å². The summed E-state index contributed by atoms with van der Waals surface area (Å²) in [6.07, 6.45) is 1.96. The molecule has 4 N–H and O–H groups in total. The molecule has 1 aliphatic rings. The third kappa shape index (κ3) is 3.15. The van der Waals surface area contributed by atoms with Crippen molar-refractivity contribution in [1.29, 1.82) is 0 Å². The zero-order chi connectivity index (χ0) is 19.8. The minimum atomic E-state index is -0.513. The van der Waals surface area contributed by atoms with Gasteiger partial charge in [0.1, 0.15) is 17.2 Å². The van der Waals surface area contributed by atoms with E-state index < -0.39 is 5.91 Å². The Balaban J connectivity index is 1.54. The molecule has 0 saturated carbocycles. The number of nitrogens with one attached hydrogen (secondary N) is 2. The summed E-state index contributed by atoms with van der Waals surface area (Å²) in [5.41, 5.74) is 10.4. The van der Waals surface area contributed by atoms with Gasteiger partial charge >= 0.3 is 0 Å². The Labute approximate surface area is 167 Å². The predicted molar refractivity (Wildman–Crippen MR) is 110 cm³/mol. The van der Waals surface area contributed by atoms with Crippen LogP contribution >= 0.6 is 0 Å². The van der Waals surface area contributed by atoms with Gasteiger partial charge in [0.25, 0.3) is 5.91 Å². The molecule has 146 valence electrons. The first-order chi connectivity index (χ1) is 14.2. The fourth-order valence-electron chi connectivity index (χ4n) is 3.80. The maximum atomic E-state index is 12.3. The summed E-state index contributed by atoms with van der Waals surface area (Å²) in [5.74, 6) is 0.966. The molecule has 2 aromatic heterocycles. The SMILES string of the molecule is NC(=O)c1c(-c2ccc(Oc3ccccc3)cc2)nc2c3c([nH]n12)CCCNC3. The molecule has 1 aliphatic heterocycles. The van der Waals surface area contributed by atoms with Crippen LogP contribution in [-0.2, 0) is 13.0 Å². The first-order valence-corrected chi connectivity index (χ1v) is 9.67. The molecule has 7 nitrogen and oxygen atoms in total. The van der Waals surface area contributed by atoms with Gasteiger partial charge in [0.15, 0.2) is 11.3 Å². The van der Waals surface area contributed by atoms with Crippen LogP contribution in [0.3, 0.4) is 0 Å². The third-order valence-corrected chi connectivity index (χ3v) is 5.18. The molecule has 3 heterocycles. The standard InChI is InChI=1S/C22H21N5O2/c23-21(28)20-19(25-22-17-13-24-12-4-7-18(17)26-27(20)22)14-8-10-16(11-9-14)29-15-5-2-1-3-6-15/h1-3,5-6,8-11,24,26H,4,7,12-13H2,(H2,23,28). The molecular weight excluding hydrogens is 366 g/mol. The maximum Gasteiger partial charge on any atom is 0.269 e. The molecule has 0 spiro atoms. The predicted octanol–water partition coefficient (Wildman–Crippen LogP) is 3.26. The maximum absolute atomic E-state index is 12.3. The number of nitrogens with two attached hydrogens (primary N) is 1. The van der Waals surface area contributed by atoms with Gasteiger partial charge in [-0.2, -0.15) is 0 Å². The summed E-state index contributed by atoms with van der Waals surface area (Å²) in [7, 11) is 0. The molecule has 0 atom stereocenters. The van der Waals surface area contributed by atoms with Gasteiger partial charge in [-0.25, -0.2) is 9.50 Å². The number of fused-ring (bicyclic) bond motifs is 3. The molecule has 0 bridgehead atoms. The Hall–Kier alpha value is -3.58. The van der Waals surface area contributed by atoms with Crippen molar-refractivity contribution in [2.75, 3.05) is 6.54 Å². The molecule has 0 unspecified atom stereocenters. The van der Waals surface area contributed by atoms with Crippen molar-refractivity contribution in [2.45, 2.75) is 19.4 Å². The summed E-state index contributed by atoms with van der Waals surface area (Å²) in [6.45, 7) is 1.69. The van der Waals surface area contributed by atoms with Crippen LogP contribution in [-0.4, -0.2) is 27.0 Å². The van der Waals surface area contributed by atoms with Crippen molar-refractivity contribution in [3.63, 3.8) is 0 Å². The highest BCUT2D eigenvalue weighted by atomic mass is 16.5. The first kappa shape index (κ1) is 17.5. The number of benzene rings is 2. The Kier molecular flexibility index (Phi) is 4.29. The van der Waals surface area contributed by atoms with Crippen molar-refractivity contribution in [3.05, 3.63) is 71.5 Å². The summed E-state index contributed by atoms with van der Waals surface area (Å²) in [4.78, 5) is 17.0. The minimum Gasteiger partial charge on any atom is -0.457 e. The number of aryl methyl sites for hydroxylation is 1. The largest absolute Gasteiger partial charge is 0.457 e. The number of primary amides is 1. The van der Waals surface area contributed by atoms with E-state index in [1.54, 1.807) is 4.52 Å². The summed E-state index contributed by atoms with van der Waals surface area (Å²) >= 11 is 0. The van der Waals surface area contributed by atoms with E-state index in [-0.39, 0.29) is 0 Å². The smallest absolute Gasteiger partial charge is 0.269 e. The normalized spacial score (nSPS) is 13.8. The van der Waals surface area contributed by atoms with Crippen LogP contribution in [0.5, 0.6) is 11.5 Å². The van der Waals surface area contributed by atoms with Crippen molar-refractivity contribution in [3.8, 4) is 22.8 Å². The molecular formula is C22H21N5O2. The van der Waals surface area contributed by atoms with E-state index in [0.717, 1.165) is 54.1 Å². The second kappa shape index (κ2) is 7.10. The molecule has 2 aromatic carbocycles. The lowest BCUT2D eigenvalue weighted by molar-refractivity contribution is 0.0994. The Morgan fingerprint density at radius 1 is 1.07 bits per heavy atom. The van der Waals surface area contributed by atoms with Gasteiger partial charge < -0.3 is 15.8 Å². The molecule has 0 saturated heterocycles. The summed E-state index contributed by atoms with van der Waals surface area (Å²) < 4.78 is 7.57. The number of carbonyl (C=O) groups excluding carboxylic acids is 1. The van der Waals surface area contributed by atoms with E-state index >= 15 is 0 Å². The van der Waals surface area contributed by atoms with E-state index in [1.807, 2.05) is 54.6 Å². The number of hydrogen-bond acceptors (Lipinski definition) is 4. The fourth-order valence-corrected chi connectivity index (χ4v) is 3.80. The minimum absolute atomic E-state index is 0.366. The molecule has 4 aromatic rings. The second-order valence-electron chi connectivity index (χ2n) is 7.12. The highest BCUT2D eigenvalue weighted by Gasteiger charge is 2.24. The Morgan fingerprint density at radius 2 is 1.83 bits per heavy atom. The quantitative estimate of drug-likeness (QED) is 0.501. The van der Waals surface area contributed by atoms with Crippen molar-refractivity contribution in [2.24, 2.45) is 5.73 Å². The topological polar surface area (TPSA) is 97.4 Å². The lowest BCUT2D eigenvalue weighted by Gasteiger charge is -2.06. The second-order valence-corrected chi connectivity index (χ2v) is 7.12. The fraction of sp³-hybridized carbons (Fsp3) is 0.182. The molecule has 5 rings (SSSR count). The van der Waals surface area contributed by atoms with Crippen LogP contribution < -0.4 is 15.8 Å². The van der Waals surface area contributed by atoms with E-state index in [1.165, 1.54) is 0 Å². The average molecular weight is 387 g/mol. The molecule has 0 radical (unpaired) electrons. The van der Waals surface area contributed by atoms with Crippen LogP contribution in [0.25, 0.3) is 16.9 Å². The van der Waals surface area contributed by atoms with Gasteiger partial charge in [0.05, 0.1) is 0 Å². The number of ether oxygens (including phenoxy) is 1. The summed E-state index contributed by atoms with van der Waals surface area (Å²) in [6, 6.07) is 17.1. The summed E-state index contributed by atoms with van der Waals surface area (Å²) in [5, 5.41) is 6.73. The highest BCUT2D eigenvalue weighted by Crippen LogP contribution is 2.30. The molecule has 7 heteroatoms. The van der Waals surface area contributed by atoms with Gasteiger partial charge in [-0.1, -0.05) is 18.2 Å². The molecule has 0 aliphatic carbocycles. The number of amides is 1. The molecule has 29 heavy (non-hydrogen) atoms. The van der Waals surface area contributed by atoms with Crippen LogP contribution in [0.1, 0.15) is 28.2 Å². The lowest BCUT2D eigenvalue weighted by atomic mass is 10.1. The van der Waals surface area contributed by atoms with Crippen LogP contribution in [0.4, 0.5) is 0 Å². The number of imidazole rings is 1. The van der Waals surface area contributed by atoms with Crippen LogP contribution in [0.15, 0.2) is 54.6 Å². The van der Waals surface area contributed by atoms with E-state index in [4.69, 9.17) is 15.5 Å². The number of H-pyrrole nitrogens is 1. The van der Waals surface area contributed by atoms with Gasteiger partial charge in [-0.3, -0.25) is 9.89 Å². The van der Waals surface area contributed by atoms with E-state index in [2.05, 4.69) is 10.4 Å². The van der Waals surface area contributed by atoms with Crippen LogP contribution in [0.2, 0.25) is 0 Å². The zero-order valence-corrected chi connectivity index (χ0v) is 15.8. The van der Waals surface area contributed by atoms with E-state index in [0.29, 0.717) is 17.1 Å². The average Bonchev–Trinajstić information content (AvgIpc) is 3.16. The van der Waals surface area contributed by atoms with Gasteiger partial charge in [0.2, 0.25) is 0 Å². The zero-order valence-electron chi connectivity index (χ0n) is 15.8. The number of aromatic amines is 1. The Bertz CT molecular complexity index is 1180. The monoisotopic (exact) mass is 387 g/mol. The number of rotatable bonds is 4. The number of hydrogen-bond donors (Lipinski definition) is 3. The molecule has 1 amide bonds.